The molecule has 1 unspecified atom stereocenters. The number of hydrogen-bond donors (Lipinski definition) is 1. The van der Waals surface area contributed by atoms with Crippen LogP contribution in [0.4, 0.5) is 5.69 Å². The molecule has 0 aromatic heterocycles. The number of fused-ring (bicyclic) bond motifs is 1. The normalized spacial score (nSPS) is 14.0. The Morgan fingerprint density at radius 3 is 2.30 bits per heavy atom. The molecular formula is C22H17BrN2O2. The molecule has 4 rings (SSSR count). The third-order valence-corrected chi connectivity index (χ3v) is 5.17. The van der Waals surface area contributed by atoms with Gasteiger partial charge in [0.05, 0.1) is 0 Å². The molecule has 5 heteroatoms. The van der Waals surface area contributed by atoms with Gasteiger partial charge in [-0.3, -0.25) is 9.59 Å². The van der Waals surface area contributed by atoms with Crippen LogP contribution in [0.3, 0.4) is 0 Å². The molecule has 134 valence electrons. The molecule has 1 N–H and O–H groups in total. The highest BCUT2D eigenvalue weighted by atomic mass is 79.9. The Labute approximate surface area is 165 Å². The standard InChI is InChI=1S/C22H17BrN2O2/c23-17-10-12-18(13-11-17)24-21(26)20(15-6-2-1-3-7-15)25-14-16-8-4-5-9-19(16)22(25)27/h1-13,20H,14H2,(H,24,26). The first-order chi connectivity index (χ1) is 13.1. The molecule has 0 spiro atoms. The number of nitrogens with one attached hydrogen (secondary N) is 1. The van der Waals surface area contributed by atoms with Crippen LogP contribution >= 0.6 is 15.9 Å². The average Bonchev–Trinajstić information content (AvgIpc) is 3.01. The molecule has 2 amide bonds. The molecular weight excluding hydrogens is 404 g/mol. The molecule has 1 aliphatic rings. The maximum atomic E-state index is 13.2. The van der Waals surface area contributed by atoms with Crippen molar-refractivity contribution in [3.05, 3.63) is 100 Å². The summed E-state index contributed by atoms with van der Waals surface area (Å²) < 4.78 is 0.935. The van der Waals surface area contributed by atoms with Crippen molar-refractivity contribution >= 4 is 33.4 Å². The molecule has 0 saturated carbocycles. The second-order valence-electron chi connectivity index (χ2n) is 6.40. The van der Waals surface area contributed by atoms with Gasteiger partial charge >= 0.3 is 0 Å². The van der Waals surface area contributed by atoms with E-state index in [4.69, 9.17) is 0 Å². The predicted molar refractivity (Wildman–Crippen MR) is 108 cm³/mol. The molecule has 1 heterocycles. The third-order valence-electron chi connectivity index (χ3n) is 4.64. The highest BCUT2D eigenvalue weighted by molar-refractivity contribution is 9.10. The number of carbonyl (C=O) groups is 2. The molecule has 0 aliphatic carbocycles. The van der Waals surface area contributed by atoms with E-state index in [9.17, 15) is 9.59 Å². The van der Waals surface area contributed by atoms with Gasteiger partial charge in [0.1, 0.15) is 6.04 Å². The van der Waals surface area contributed by atoms with Crippen LogP contribution in [0.15, 0.2) is 83.3 Å². The van der Waals surface area contributed by atoms with E-state index in [1.165, 1.54) is 0 Å². The van der Waals surface area contributed by atoms with Crippen LogP contribution in [0.1, 0.15) is 27.5 Å². The number of amides is 2. The summed E-state index contributed by atoms with van der Waals surface area (Å²) in [6.07, 6.45) is 0. The monoisotopic (exact) mass is 420 g/mol. The van der Waals surface area contributed by atoms with Gasteiger partial charge in [0.15, 0.2) is 0 Å². The topological polar surface area (TPSA) is 49.4 Å². The summed E-state index contributed by atoms with van der Waals surface area (Å²) in [5.74, 6) is -0.352. The van der Waals surface area contributed by atoms with Crippen LogP contribution in [-0.2, 0) is 11.3 Å². The second-order valence-corrected chi connectivity index (χ2v) is 7.32. The molecule has 1 aliphatic heterocycles. The Morgan fingerprint density at radius 2 is 1.59 bits per heavy atom. The molecule has 1 atom stereocenters. The van der Waals surface area contributed by atoms with E-state index in [2.05, 4.69) is 21.2 Å². The Morgan fingerprint density at radius 1 is 0.926 bits per heavy atom. The zero-order valence-electron chi connectivity index (χ0n) is 14.4. The first kappa shape index (κ1) is 17.5. The fourth-order valence-corrected chi connectivity index (χ4v) is 3.60. The zero-order valence-corrected chi connectivity index (χ0v) is 16.0. The minimum Gasteiger partial charge on any atom is -0.324 e. The van der Waals surface area contributed by atoms with Gasteiger partial charge in [-0.1, -0.05) is 64.5 Å². The smallest absolute Gasteiger partial charge is 0.255 e. The quantitative estimate of drug-likeness (QED) is 0.659. The van der Waals surface area contributed by atoms with Crippen LogP contribution in [0.2, 0.25) is 0 Å². The van der Waals surface area contributed by atoms with Crippen molar-refractivity contribution in [3.8, 4) is 0 Å². The minimum absolute atomic E-state index is 0.120. The van der Waals surface area contributed by atoms with Gasteiger partial charge in [0.25, 0.3) is 11.8 Å². The van der Waals surface area contributed by atoms with Crippen molar-refractivity contribution in [3.63, 3.8) is 0 Å². The number of nitrogens with zero attached hydrogens (tertiary/aromatic N) is 1. The maximum absolute atomic E-state index is 13.2. The van der Waals surface area contributed by atoms with Crippen LogP contribution in [0.5, 0.6) is 0 Å². The third kappa shape index (κ3) is 3.51. The van der Waals surface area contributed by atoms with Crippen molar-refractivity contribution in [2.45, 2.75) is 12.6 Å². The van der Waals surface area contributed by atoms with Crippen LogP contribution in [-0.4, -0.2) is 16.7 Å². The van der Waals surface area contributed by atoms with Crippen molar-refractivity contribution < 1.29 is 9.59 Å². The summed E-state index contributed by atoms with van der Waals surface area (Å²) in [5, 5.41) is 2.94. The number of halogens is 1. The predicted octanol–water partition coefficient (Wildman–Crippen LogP) is 4.78. The van der Waals surface area contributed by atoms with Crippen molar-refractivity contribution in [2.75, 3.05) is 5.32 Å². The summed E-state index contributed by atoms with van der Waals surface area (Å²) in [5.41, 5.74) is 3.08. The molecule has 3 aromatic carbocycles. The Balaban J connectivity index is 1.67. The summed E-state index contributed by atoms with van der Waals surface area (Å²) in [6.45, 7) is 0.419. The van der Waals surface area contributed by atoms with Crippen molar-refractivity contribution in [2.24, 2.45) is 0 Å². The fourth-order valence-electron chi connectivity index (χ4n) is 3.34. The van der Waals surface area contributed by atoms with Gasteiger partial charge in [0.2, 0.25) is 0 Å². The van der Waals surface area contributed by atoms with E-state index in [1.807, 2.05) is 78.9 Å². The number of rotatable bonds is 4. The highest BCUT2D eigenvalue weighted by Gasteiger charge is 2.37. The van der Waals surface area contributed by atoms with Crippen LogP contribution < -0.4 is 5.32 Å². The zero-order chi connectivity index (χ0) is 18.8. The maximum Gasteiger partial charge on any atom is 0.255 e. The number of benzene rings is 3. The molecule has 3 aromatic rings. The lowest BCUT2D eigenvalue weighted by molar-refractivity contribution is -0.120. The average molecular weight is 421 g/mol. The Hall–Kier alpha value is -2.92. The van der Waals surface area contributed by atoms with E-state index < -0.39 is 6.04 Å². The van der Waals surface area contributed by atoms with E-state index in [0.717, 1.165) is 15.6 Å². The molecule has 4 nitrogen and oxygen atoms in total. The van der Waals surface area contributed by atoms with Gasteiger partial charge in [-0.05, 0) is 41.5 Å². The van der Waals surface area contributed by atoms with Gasteiger partial charge < -0.3 is 10.2 Å². The molecule has 0 radical (unpaired) electrons. The van der Waals surface area contributed by atoms with Gasteiger partial charge in [0, 0.05) is 22.3 Å². The summed E-state index contributed by atoms with van der Waals surface area (Å²) in [7, 11) is 0. The summed E-state index contributed by atoms with van der Waals surface area (Å²) in [6, 6.07) is 23.6. The van der Waals surface area contributed by atoms with Gasteiger partial charge in [-0.25, -0.2) is 0 Å². The van der Waals surface area contributed by atoms with E-state index in [-0.39, 0.29) is 11.8 Å². The van der Waals surface area contributed by atoms with Crippen molar-refractivity contribution in [1.29, 1.82) is 0 Å². The number of anilines is 1. The van der Waals surface area contributed by atoms with E-state index in [1.54, 1.807) is 4.90 Å². The number of hydrogen-bond acceptors (Lipinski definition) is 2. The second kappa shape index (κ2) is 7.37. The lowest BCUT2D eigenvalue weighted by Crippen LogP contribution is -2.37. The number of carbonyl (C=O) groups excluding carboxylic acids is 2. The summed E-state index contributed by atoms with van der Waals surface area (Å²) >= 11 is 3.39. The Bertz CT molecular complexity index is 987. The molecule has 0 fully saturated rings. The molecule has 0 saturated heterocycles. The minimum atomic E-state index is -0.699. The molecule has 27 heavy (non-hydrogen) atoms. The van der Waals surface area contributed by atoms with Gasteiger partial charge in [-0.15, -0.1) is 0 Å². The van der Waals surface area contributed by atoms with Crippen LogP contribution in [0, 0.1) is 0 Å². The SMILES string of the molecule is O=C(Nc1ccc(Br)cc1)C(c1ccccc1)N1Cc2ccccc2C1=O. The first-order valence-corrected chi connectivity index (χ1v) is 9.43. The van der Waals surface area contributed by atoms with Crippen LogP contribution in [0.25, 0.3) is 0 Å². The van der Waals surface area contributed by atoms with E-state index in [0.29, 0.717) is 17.8 Å². The van der Waals surface area contributed by atoms with E-state index >= 15 is 0 Å². The lowest BCUT2D eigenvalue weighted by Gasteiger charge is -2.27. The largest absolute Gasteiger partial charge is 0.324 e. The summed E-state index contributed by atoms with van der Waals surface area (Å²) in [4.78, 5) is 27.8. The van der Waals surface area contributed by atoms with Gasteiger partial charge in [-0.2, -0.15) is 0 Å². The lowest BCUT2D eigenvalue weighted by atomic mass is 10.0. The fraction of sp³-hybridized carbons (Fsp3) is 0.0909. The first-order valence-electron chi connectivity index (χ1n) is 8.64. The van der Waals surface area contributed by atoms with Crippen molar-refractivity contribution in [1.82, 2.24) is 4.90 Å². The Kier molecular flexibility index (Phi) is 4.77. The molecule has 0 bridgehead atoms. The highest BCUT2D eigenvalue weighted by Crippen LogP contribution is 2.32.